The Balaban J connectivity index is 1.74. The number of fused-ring (bicyclic) bond motifs is 2. The van der Waals surface area contributed by atoms with Crippen molar-refractivity contribution in [3.05, 3.63) is 29.8 Å². The van der Waals surface area contributed by atoms with Crippen molar-refractivity contribution in [1.29, 1.82) is 0 Å². The second-order valence-electron chi connectivity index (χ2n) is 8.64. The van der Waals surface area contributed by atoms with Crippen LogP contribution in [0.4, 0.5) is 0 Å². The number of rotatable bonds is 5. The molecule has 23 heavy (non-hydrogen) atoms. The summed E-state index contributed by atoms with van der Waals surface area (Å²) in [5, 5.41) is 0. The minimum absolute atomic E-state index is 0.568. The minimum Gasteiger partial charge on any atom is -0.497 e. The summed E-state index contributed by atoms with van der Waals surface area (Å²) in [5.74, 6) is 3.57. The van der Waals surface area contributed by atoms with Gasteiger partial charge in [0.15, 0.2) is 0 Å². The van der Waals surface area contributed by atoms with Gasteiger partial charge >= 0.3 is 0 Å². The molecule has 2 bridgehead atoms. The van der Waals surface area contributed by atoms with Gasteiger partial charge in [0.1, 0.15) is 5.75 Å². The molecule has 2 nitrogen and oxygen atoms in total. The fourth-order valence-corrected chi connectivity index (χ4v) is 5.18. The van der Waals surface area contributed by atoms with Gasteiger partial charge in [0.25, 0.3) is 0 Å². The Hall–Kier alpha value is -1.02. The minimum atomic E-state index is 0.568. The number of hydrogen-bond donors (Lipinski definition) is 0. The first kappa shape index (κ1) is 16.8. The zero-order chi connectivity index (χ0) is 16.8. The molecule has 3 fully saturated rings. The monoisotopic (exact) mass is 315 g/mol. The molecule has 0 N–H and O–H groups in total. The highest BCUT2D eigenvalue weighted by molar-refractivity contribution is 5.27. The molecule has 0 unspecified atom stereocenters. The predicted octanol–water partition coefficient (Wildman–Crippen LogP) is 4.98. The molecular formula is C21H33NO. The fraction of sp³-hybridized carbons (Fsp3) is 0.714. The second-order valence-corrected chi connectivity index (χ2v) is 8.64. The van der Waals surface area contributed by atoms with Crippen molar-refractivity contribution in [2.75, 3.05) is 7.11 Å². The van der Waals surface area contributed by atoms with Crippen LogP contribution in [0, 0.1) is 23.2 Å². The van der Waals surface area contributed by atoms with Gasteiger partial charge in [-0.3, -0.25) is 4.90 Å². The van der Waals surface area contributed by atoms with E-state index in [-0.39, 0.29) is 0 Å². The molecular weight excluding hydrogens is 282 g/mol. The summed E-state index contributed by atoms with van der Waals surface area (Å²) in [6, 6.07) is 9.91. The standard InChI is InChI=1S/C21H33NO/c1-14(2)22(13-16-7-9-18(23-6)10-8-16)20-12-17-11-19(15(20)3)21(17,4)5/h7-10,14-15,17,19-20H,11-13H2,1-6H3/t15-,17+,19-,20-/m1/s1. The average Bonchev–Trinajstić information content (AvgIpc) is 2.52. The largest absolute Gasteiger partial charge is 0.497 e. The van der Waals surface area contributed by atoms with Crippen molar-refractivity contribution in [2.24, 2.45) is 23.2 Å². The van der Waals surface area contributed by atoms with Crippen molar-refractivity contribution in [2.45, 2.75) is 66.1 Å². The van der Waals surface area contributed by atoms with E-state index in [1.807, 2.05) is 0 Å². The SMILES string of the molecule is COc1ccc(CN(C(C)C)[C@@H]2C[C@@H]3C[C@H]([C@H]2C)C3(C)C)cc1. The molecule has 3 saturated carbocycles. The van der Waals surface area contributed by atoms with Gasteiger partial charge in [-0.05, 0) is 67.6 Å². The average molecular weight is 316 g/mol. The first-order valence-corrected chi connectivity index (χ1v) is 9.23. The van der Waals surface area contributed by atoms with E-state index in [1.165, 1.54) is 18.4 Å². The van der Waals surface area contributed by atoms with E-state index < -0.39 is 0 Å². The smallest absolute Gasteiger partial charge is 0.118 e. The Labute approximate surface area is 142 Å². The Morgan fingerprint density at radius 1 is 1.17 bits per heavy atom. The molecule has 4 atom stereocenters. The lowest BCUT2D eigenvalue weighted by molar-refractivity contribution is -0.144. The second kappa shape index (κ2) is 6.12. The van der Waals surface area contributed by atoms with Crippen LogP contribution in [0.5, 0.6) is 5.75 Å². The number of benzene rings is 1. The lowest BCUT2D eigenvalue weighted by Crippen LogP contribution is -2.61. The predicted molar refractivity (Wildman–Crippen MR) is 96.6 cm³/mol. The molecule has 1 aromatic rings. The molecule has 1 aromatic carbocycles. The van der Waals surface area contributed by atoms with Crippen LogP contribution in [-0.4, -0.2) is 24.1 Å². The Kier molecular flexibility index (Phi) is 4.48. The molecule has 0 radical (unpaired) electrons. The molecule has 4 rings (SSSR count). The van der Waals surface area contributed by atoms with E-state index in [1.54, 1.807) is 7.11 Å². The molecule has 0 spiro atoms. The third-order valence-corrected chi connectivity index (χ3v) is 6.93. The lowest BCUT2D eigenvalue weighted by Gasteiger charge is -2.64. The lowest BCUT2D eigenvalue weighted by atomic mass is 9.44. The maximum absolute atomic E-state index is 5.28. The van der Waals surface area contributed by atoms with Crippen LogP contribution in [0.3, 0.4) is 0 Å². The topological polar surface area (TPSA) is 12.5 Å². The Morgan fingerprint density at radius 2 is 1.83 bits per heavy atom. The molecule has 0 aromatic heterocycles. The number of nitrogens with zero attached hydrogens (tertiary/aromatic N) is 1. The molecule has 3 aliphatic carbocycles. The summed E-state index contributed by atoms with van der Waals surface area (Å²) >= 11 is 0. The molecule has 0 amide bonds. The third kappa shape index (κ3) is 2.91. The van der Waals surface area contributed by atoms with Gasteiger partial charge in [0.05, 0.1) is 7.11 Å². The van der Waals surface area contributed by atoms with Gasteiger partial charge in [-0.2, -0.15) is 0 Å². The van der Waals surface area contributed by atoms with Crippen LogP contribution in [0.15, 0.2) is 24.3 Å². The van der Waals surface area contributed by atoms with Gasteiger partial charge in [-0.25, -0.2) is 0 Å². The highest BCUT2D eigenvalue weighted by atomic mass is 16.5. The van der Waals surface area contributed by atoms with Crippen LogP contribution in [-0.2, 0) is 6.54 Å². The fourth-order valence-electron chi connectivity index (χ4n) is 5.18. The number of hydrogen-bond acceptors (Lipinski definition) is 2. The molecule has 128 valence electrons. The van der Waals surface area contributed by atoms with Gasteiger partial charge < -0.3 is 4.74 Å². The maximum Gasteiger partial charge on any atom is 0.118 e. The maximum atomic E-state index is 5.28. The highest BCUT2D eigenvalue weighted by Crippen LogP contribution is 2.62. The van der Waals surface area contributed by atoms with Crippen molar-refractivity contribution in [3.63, 3.8) is 0 Å². The van der Waals surface area contributed by atoms with E-state index in [9.17, 15) is 0 Å². The first-order chi connectivity index (χ1) is 10.8. The quantitative estimate of drug-likeness (QED) is 0.760. The first-order valence-electron chi connectivity index (χ1n) is 9.23. The van der Waals surface area contributed by atoms with Gasteiger partial charge in [-0.1, -0.05) is 32.9 Å². The highest BCUT2D eigenvalue weighted by Gasteiger charge is 2.57. The number of ether oxygens (including phenoxy) is 1. The van der Waals surface area contributed by atoms with E-state index in [0.717, 1.165) is 36.1 Å². The van der Waals surface area contributed by atoms with Crippen LogP contribution >= 0.6 is 0 Å². The summed E-state index contributed by atoms with van der Waals surface area (Å²) in [6.07, 6.45) is 2.83. The van der Waals surface area contributed by atoms with Crippen molar-refractivity contribution in [3.8, 4) is 5.75 Å². The van der Waals surface area contributed by atoms with Crippen LogP contribution in [0.2, 0.25) is 0 Å². The van der Waals surface area contributed by atoms with E-state index in [0.29, 0.717) is 11.5 Å². The van der Waals surface area contributed by atoms with E-state index in [2.05, 4.69) is 63.8 Å². The zero-order valence-corrected chi connectivity index (χ0v) is 15.7. The summed E-state index contributed by atoms with van der Waals surface area (Å²) in [5.41, 5.74) is 1.96. The van der Waals surface area contributed by atoms with Crippen molar-refractivity contribution in [1.82, 2.24) is 4.90 Å². The molecule has 0 heterocycles. The van der Waals surface area contributed by atoms with Crippen LogP contribution < -0.4 is 4.74 Å². The Morgan fingerprint density at radius 3 is 2.30 bits per heavy atom. The number of methoxy groups -OCH3 is 1. The summed E-state index contributed by atoms with van der Waals surface area (Å²) in [6.45, 7) is 13.2. The third-order valence-electron chi connectivity index (χ3n) is 6.93. The summed E-state index contributed by atoms with van der Waals surface area (Å²) < 4.78 is 5.28. The zero-order valence-electron chi connectivity index (χ0n) is 15.7. The van der Waals surface area contributed by atoms with Gasteiger partial charge in [-0.15, -0.1) is 0 Å². The molecule has 0 aliphatic heterocycles. The Bertz CT molecular complexity index is 533. The van der Waals surface area contributed by atoms with Crippen LogP contribution in [0.1, 0.15) is 53.0 Å². The summed E-state index contributed by atoms with van der Waals surface area (Å²) in [4.78, 5) is 2.74. The molecule has 3 aliphatic rings. The van der Waals surface area contributed by atoms with E-state index >= 15 is 0 Å². The van der Waals surface area contributed by atoms with Crippen LogP contribution in [0.25, 0.3) is 0 Å². The van der Waals surface area contributed by atoms with E-state index in [4.69, 9.17) is 4.74 Å². The molecule has 2 heteroatoms. The van der Waals surface area contributed by atoms with Gasteiger partial charge in [0.2, 0.25) is 0 Å². The van der Waals surface area contributed by atoms with Gasteiger partial charge in [0, 0.05) is 18.6 Å². The van der Waals surface area contributed by atoms with Crippen molar-refractivity contribution < 1.29 is 4.74 Å². The van der Waals surface area contributed by atoms with Crippen molar-refractivity contribution >= 4 is 0 Å². The molecule has 0 saturated heterocycles. The summed E-state index contributed by atoms with van der Waals surface area (Å²) in [7, 11) is 1.73. The normalized spacial score (nSPS) is 32.0.